The fourth-order valence-corrected chi connectivity index (χ4v) is 6.19. The Labute approximate surface area is 232 Å². The van der Waals surface area contributed by atoms with Crippen molar-refractivity contribution in [1.29, 1.82) is 0 Å². The first-order chi connectivity index (χ1) is 17.7. The molecule has 1 amide bonds. The molecule has 204 valence electrons. The smallest absolute Gasteiger partial charge is 0.255 e. The van der Waals surface area contributed by atoms with Crippen LogP contribution in [0.5, 0.6) is 5.75 Å². The third-order valence-electron chi connectivity index (χ3n) is 5.30. The largest absolute Gasteiger partial charge is 0.495 e. The van der Waals surface area contributed by atoms with Gasteiger partial charge in [-0.05, 0) is 68.4 Å². The van der Waals surface area contributed by atoms with Crippen molar-refractivity contribution in [3.8, 4) is 5.75 Å². The fraction of sp³-hybridized carbons (Fsp3) is 0.240. The summed E-state index contributed by atoms with van der Waals surface area (Å²) in [6, 6.07) is 14.5. The van der Waals surface area contributed by atoms with E-state index in [0.717, 1.165) is 10.6 Å². The third kappa shape index (κ3) is 7.17. The number of nitrogens with zero attached hydrogens (tertiary/aromatic N) is 1. The number of rotatable bonds is 10. The van der Waals surface area contributed by atoms with Gasteiger partial charge < -0.3 is 10.1 Å². The Morgan fingerprint density at radius 1 is 0.974 bits per heavy atom. The maximum Gasteiger partial charge on any atom is 0.255 e. The lowest BCUT2D eigenvalue weighted by molar-refractivity contribution is 0.102. The van der Waals surface area contributed by atoms with Crippen LogP contribution in [0.2, 0.25) is 10.0 Å². The highest BCUT2D eigenvalue weighted by Crippen LogP contribution is 2.31. The van der Waals surface area contributed by atoms with Crippen LogP contribution in [0.1, 0.15) is 29.8 Å². The second-order valence-electron chi connectivity index (χ2n) is 8.61. The number of amides is 1. The molecule has 3 aromatic rings. The van der Waals surface area contributed by atoms with Crippen LogP contribution in [-0.2, 0) is 26.6 Å². The van der Waals surface area contributed by atoms with Crippen molar-refractivity contribution in [2.45, 2.75) is 31.3 Å². The number of carbonyl (C=O) groups is 1. The van der Waals surface area contributed by atoms with Gasteiger partial charge in [0.1, 0.15) is 5.75 Å². The van der Waals surface area contributed by atoms with E-state index in [2.05, 4.69) is 10.0 Å². The van der Waals surface area contributed by atoms with E-state index in [9.17, 15) is 21.6 Å². The zero-order valence-electron chi connectivity index (χ0n) is 21.0. The van der Waals surface area contributed by atoms with E-state index in [0.29, 0.717) is 21.3 Å². The van der Waals surface area contributed by atoms with Gasteiger partial charge in [-0.3, -0.25) is 9.10 Å². The van der Waals surface area contributed by atoms with E-state index >= 15 is 0 Å². The van der Waals surface area contributed by atoms with Gasteiger partial charge in [0, 0.05) is 27.2 Å². The fourth-order valence-electron chi connectivity index (χ4n) is 3.53. The highest BCUT2D eigenvalue weighted by Gasteiger charge is 2.22. The van der Waals surface area contributed by atoms with Gasteiger partial charge in [-0.25, -0.2) is 21.6 Å². The number of nitrogens with one attached hydrogen (secondary N) is 2. The number of sulfonamides is 2. The lowest BCUT2D eigenvalue weighted by Crippen LogP contribution is -2.30. The number of benzene rings is 3. The van der Waals surface area contributed by atoms with Gasteiger partial charge in [-0.15, -0.1) is 0 Å². The Kier molecular flexibility index (Phi) is 9.32. The standard InChI is InChI=1S/C25H27Cl2N3O6S2/c1-16(2)29-38(34,35)19-12-13-24(36-3)23(14-19)28-25(31)17-8-10-18(11-9-17)30(37(4,32)33)15-20-21(26)6-5-7-22(20)27/h5-14,16,29H,15H2,1-4H3,(H,28,31). The van der Waals surface area contributed by atoms with Gasteiger partial charge in [-0.1, -0.05) is 29.3 Å². The molecule has 13 heteroatoms. The quantitative estimate of drug-likeness (QED) is 0.341. The lowest BCUT2D eigenvalue weighted by Gasteiger charge is -2.24. The Balaban J connectivity index is 1.88. The summed E-state index contributed by atoms with van der Waals surface area (Å²) in [5.74, 6) is -0.292. The third-order valence-corrected chi connectivity index (χ3v) is 8.81. The Morgan fingerprint density at radius 2 is 1.58 bits per heavy atom. The first-order valence-electron chi connectivity index (χ1n) is 11.3. The van der Waals surface area contributed by atoms with Crippen molar-refractivity contribution in [3.05, 3.63) is 81.8 Å². The molecule has 0 aliphatic rings. The van der Waals surface area contributed by atoms with Gasteiger partial charge in [-0.2, -0.15) is 0 Å². The molecule has 9 nitrogen and oxygen atoms in total. The van der Waals surface area contributed by atoms with Crippen molar-refractivity contribution >= 4 is 60.5 Å². The molecule has 2 N–H and O–H groups in total. The van der Waals surface area contributed by atoms with E-state index < -0.39 is 26.0 Å². The van der Waals surface area contributed by atoms with Gasteiger partial charge in [0.2, 0.25) is 20.0 Å². The minimum absolute atomic E-state index is 0.0420. The Hall–Kier alpha value is -2.83. The molecular formula is C25H27Cl2N3O6S2. The maximum absolute atomic E-state index is 13.0. The van der Waals surface area contributed by atoms with Gasteiger partial charge in [0.15, 0.2) is 0 Å². The lowest BCUT2D eigenvalue weighted by atomic mass is 10.1. The van der Waals surface area contributed by atoms with Crippen molar-refractivity contribution in [1.82, 2.24) is 4.72 Å². The molecule has 0 fully saturated rings. The molecule has 0 saturated carbocycles. The molecule has 3 aromatic carbocycles. The van der Waals surface area contributed by atoms with E-state index in [4.69, 9.17) is 27.9 Å². The van der Waals surface area contributed by atoms with Gasteiger partial charge in [0.25, 0.3) is 5.91 Å². The summed E-state index contributed by atoms with van der Waals surface area (Å²) in [6.45, 7) is 3.29. The molecule has 0 aliphatic carbocycles. The zero-order chi connectivity index (χ0) is 28.3. The van der Waals surface area contributed by atoms with Crippen molar-refractivity contribution in [2.24, 2.45) is 0 Å². The van der Waals surface area contributed by atoms with Crippen LogP contribution in [-0.4, -0.2) is 42.2 Å². The van der Waals surface area contributed by atoms with E-state index in [1.807, 2.05) is 0 Å². The summed E-state index contributed by atoms with van der Waals surface area (Å²) < 4.78 is 59.1. The molecule has 0 radical (unpaired) electrons. The average Bonchev–Trinajstić information content (AvgIpc) is 2.82. The average molecular weight is 601 g/mol. The molecule has 0 unspecified atom stereocenters. The Morgan fingerprint density at radius 3 is 2.11 bits per heavy atom. The number of halogens is 2. The monoisotopic (exact) mass is 599 g/mol. The second kappa shape index (κ2) is 11.9. The van der Waals surface area contributed by atoms with Crippen LogP contribution in [0, 0.1) is 0 Å². The highest BCUT2D eigenvalue weighted by atomic mass is 35.5. The SMILES string of the molecule is COc1ccc(S(=O)(=O)NC(C)C)cc1NC(=O)c1ccc(N(Cc2c(Cl)cccc2Cl)S(C)(=O)=O)cc1. The Bertz CT molecular complexity index is 1520. The predicted octanol–water partition coefficient (Wildman–Crippen LogP) is 4.91. The van der Waals surface area contributed by atoms with E-state index in [-0.39, 0.29) is 34.5 Å². The molecule has 0 heterocycles. The molecule has 38 heavy (non-hydrogen) atoms. The summed E-state index contributed by atoms with van der Waals surface area (Å²) in [5.41, 5.74) is 1.09. The van der Waals surface area contributed by atoms with E-state index in [1.165, 1.54) is 49.6 Å². The number of methoxy groups -OCH3 is 1. The number of hydrogen-bond acceptors (Lipinski definition) is 6. The maximum atomic E-state index is 13.0. The number of ether oxygens (including phenoxy) is 1. The minimum atomic E-state index is -3.81. The molecule has 0 spiro atoms. The topological polar surface area (TPSA) is 122 Å². The van der Waals surface area contributed by atoms with Crippen LogP contribution in [0.25, 0.3) is 0 Å². The molecule has 3 rings (SSSR count). The summed E-state index contributed by atoms with van der Waals surface area (Å²) in [4.78, 5) is 12.9. The second-order valence-corrected chi connectivity index (χ2v) is 13.0. The highest BCUT2D eigenvalue weighted by molar-refractivity contribution is 7.92. The first kappa shape index (κ1) is 29.7. The molecular weight excluding hydrogens is 573 g/mol. The zero-order valence-corrected chi connectivity index (χ0v) is 24.2. The van der Waals surface area contributed by atoms with Crippen molar-refractivity contribution in [3.63, 3.8) is 0 Å². The van der Waals surface area contributed by atoms with Crippen LogP contribution in [0.3, 0.4) is 0 Å². The van der Waals surface area contributed by atoms with Gasteiger partial charge in [0.05, 0.1) is 36.2 Å². The molecule has 0 aromatic heterocycles. The molecule has 0 bridgehead atoms. The van der Waals surface area contributed by atoms with Crippen LogP contribution < -0.4 is 19.1 Å². The number of hydrogen-bond donors (Lipinski definition) is 2. The predicted molar refractivity (Wildman–Crippen MR) is 150 cm³/mol. The normalized spacial score (nSPS) is 11.9. The van der Waals surface area contributed by atoms with Gasteiger partial charge >= 0.3 is 0 Å². The molecule has 0 saturated heterocycles. The number of anilines is 2. The van der Waals surface area contributed by atoms with Crippen molar-refractivity contribution < 1.29 is 26.4 Å². The van der Waals surface area contributed by atoms with Crippen molar-refractivity contribution in [2.75, 3.05) is 23.0 Å². The summed E-state index contributed by atoms with van der Waals surface area (Å²) in [7, 11) is -6.14. The summed E-state index contributed by atoms with van der Waals surface area (Å²) >= 11 is 12.5. The van der Waals surface area contributed by atoms with Crippen LogP contribution in [0.15, 0.2) is 65.6 Å². The van der Waals surface area contributed by atoms with E-state index in [1.54, 1.807) is 32.0 Å². The van der Waals surface area contributed by atoms with Crippen LogP contribution in [0.4, 0.5) is 11.4 Å². The summed E-state index contributed by atoms with van der Waals surface area (Å²) in [5, 5.41) is 3.30. The van der Waals surface area contributed by atoms with Crippen LogP contribution >= 0.6 is 23.2 Å². The number of carbonyl (C=O) groups excluding carboxylic acids is 1. The molecule has 0 aliphatic heterocycles. The minimum Gasteiger partial charge on any atom is -0.495 e. The summed E-state index contributed by atoms with van der Waals surface area (Å²) in [6.07, 6.45) is 1.06. The molecule has 0 atom stereocenters. The first-order valence-corrected chi connectivity index (χ1v) is 15.3.